The van der Waals surface area contributed by atoms with E-state index < -0.39 is 22.8 Å². The van der Waals surface area contributed by atoms with Gasteiger partial charge in [0, 0.05) is 42.0 Å². The van der Waals surface area contributed by atoms with Crippen molar-refractivity contribution in [1.82, 2.24) is 10.2 Å². The normalized spacial score (nSPS) is 22.8. The van der Waals surface area contributed by atoms with Crippen LogP contribution in [0.4, 0.5) is 4.79 Å². The first kappa shape index (κ1) is 15.9. The standard InChI is InChI=1S/C11H20N2O5S/c1-18-5-4-13(8-10(14)15)11(16)12-9-2-6-19(17)7-3-9/h9H,2-8H2,1H3,(H,12,16)(H,14,15). The molecule has 19 heavy (non-hydrogen) atoms. The van der Waals surface area contributed by atoms with Crippen molar-refractivity contribution in [3.63, 3.8) is 0 Å². The highest BCUT2D eigenvalue weighted by atomic mass is 32.2. The molecule has 1 aliphatic heterocycles. The van der Waals surface area contributed by atoms with E-state index in [9.17, 15) is 13.8 Å². The highest BCUT2D eigenvalue weighted by Crippen LogP contribution is 2.09. The molecule has 1 rings (SSSR count). The molecular formula is C11H20N2O5S. The minimum atomic E-state index is -1.06. The number of carboxylic acids is 1. The van der Waals surface area contributed by atoms with Crippen molar-refractivity contribution in [3.05, 3.63) is 0 Å². The van der Waals surface area contributed by atoms with E-state index in [0.29, 0.717) is 24.3 Å². The number of methoxy groups -OCH3 is 1. The molecule has 2 amide bonds. The number of carbonyl (C=O) groups is 2. The number of nitrogens with one attached hydrogen (secondary N) is 1. The molecule has 0 spiro atoms. The number of carboxylic acid groups (broad SMARTS) is 1. The second-order valence-electron chi connectivity index (χ2n) is 4.38. The smallest absolute Gasteiger partial charge is 0.323 e. The minimum absolute atomic E-state index is 0.0240. The van der Waals surface area contributed by atoms with Gasteiger partial charge >= 0.3 is 12.0 Å². The molecule has 8 heteroatoms. The molecule has 0 aliphatic carbocycles. The molecule has 0 bridgehead atoms. The van der Waals surface area contributed by atoms with E-state index in [-0.39, 0.29) is 25.7 Å². The highest BCUT2D eigenvalue weighted by Gasteiger charge is 2.23. The van der Waals surface area contributed by atoms with E-state index in [1.165, 1.54) is 12.0 Å². The molecule has 0 saturated carbocycles. The first-order valence-corrected chi connectivity index (χ1v) is 7.63. The van der Waals surface area contributed by atoms with Crippen molar-refractivity contribution >= 4 is 22.8 Å². The lowest BCUT2D eigenvalue weighted by Gasteiger charge is -2.27. The van der Waals surface area contributed by atoms with Crippen molar-refractivity contribution in [2.75, 3.05) is 38.3 Å². The van der Waals surface area contributed by atoms with Gasteiger partial charge in [-0.25, -0.2) is 4.79 Å². The van der Waals surface area contributed by atoms with Crippen LogP contribution in [0.1, 0.15) is 12.8 Å². The summed E-state index contributed by atoms with van der Waals surface area (Å²) in [7, 11) is 0.714. The van der Waals surface area contributed by atoms with E-state index >= 15 is 0 Å². The lowest BCUT2D eigenvalue weighted by Crippen LogP contribution is -2.49. The molecular weight excluding hydrogens is 272 g/mol. The fourth-order valence-electron chi connectivity index (χ4n) is 1.82. The van der Waals surface area contributed by atoms with Gasteiger partial charge in [-0.2, -0.15) is 0 Å². The Kier molecular flexibility index (Phi) is 6.79. The number of aliphatic carboxylic acids is 1. The van der Waals surface area contributed by atoms with Crippen LogP contribution in [0, 0.1) is 0 Å². The molecule has 0 aromatic carbocycles. The third-order valence-electron chi connectivity index (χ3n) is 2.89. The maximum absolute atomic E-state index is 12.0. The number of ether oxygens (including phenoxy) is 1. The average Bonchev–Trinajstić information content (AvgIpc) is 2.36. The van der Waals surface area contributed by atoms with Gasteiger partial charge in [0.15, 0.2) is 0 Å². The number of hydrogen-bond donors (Lipinski definition) is 2. The van der Waals surface area contributed by atoms with E-state index in [1.54, 1.807) is 0 Å². The quantitative estimate of drug-likeness (QED) is 0.697. The molecule has 110 valence electrons. The van der Waals surface area contributed by atoms with Crippen LogP contribution in [0.25, 0.3) is 0 Å². The predicted molar refractivity (Wildman–Crippen MR) is 70.5 cm³/mol. The van der Waals surface area contributed by atoms with Crippen molar-refractivity contribution in [3.8, 4) is 0 Å². The van der Waals surface area contributed by atoms with Gasteiger partial charge < -0.3 is 20.1 Å². The van der Waals surface area contributed by atoms with Crippen molar-refractivity contribution < 1.29 is 23.6 Å². The summed E-state index contributed by atoms with van der Waals surface area (Å²) in [5.41, 5.74) is 0. The SMILES string of the molecule is COCCN(CC(=O)O)C(=O)NC1CCS(=O)CC1. The molecule has 0 aromatic heterocycles. The second-order valence-corrected chi connectivity index (χ2v) is 6.08. The summed E-state index contributed by atoms with van der Waals surface area (Å²) in [6, 6.07) is -0.429. The summed E-state index contributed by atoms with van der Waals surface area (Å²) in [5.74, 6) is 0.111. The predicted octanol–water partition coefficient (Wildman–Crippen LogP) is -0.360. The minimum Gasteiger partial charge on any atom is -0.480 e. The summed E-state index contributed by atoms with van der Waals surface area (Å²) in [5, 5.41) is 11.6. The van der Waals surface area contributed by atoms with E-state index in [0.717, 1.165) is 0 Å². The van der Waals surface area contributed by atoms with Crippen molar-refractivity contribution in [2.45, 2.75) is 18.9 Å². The molecule has 7 nitrogen and oxygen atoms in total. The number of urea groups is 1. The number of rotatable bonds is 6. The largest absolute Gasteiger partial charge is 0.480 e. The summed E-state index contributed by atoms with van der Waals surface area (Å²) >= 11 is 0. The third kappa shape index (κ3) is 6.02. The molecule has 0 aromatic rings. The van der Waals surface area contributed by atoms with Crippen molar-refractivity contribution in [1.29, 1.82) is 0 Å². The first-order chi connectivity index (χ1) is 9.02. The number of nitrogens with zero attached hydrogens (tertiary/aromatic N) is 1. The number of carbonyl (C=O) groups excluding carboxylic acids is 1. The van der Waals surface area contributed by atoms with E-state index in [1.807, 2.05) is 0 Å². The van der Waals surface area contributed by atoms with E-state index in [4.69, 9.17) is 9.84 Å². The number of hydrogen-bond acceptors (Lipinski definition) is 4. The Morgan fingerprint density at radius 2 is 2.05 bits per heavy atom. The Bertz CT molecular complexity index is 340. The molecule has 0 unspecified atom stereocenters. The molecule has 0 atom stereocenters. The monoisotopic (exact) mass is 292 g/mol. The van der Waals surface area contributed by atoms with Gasteiger partial charge in [-0.1, -0.05) is 0 Å². The molecule has 1 aliphatic rings. The Morgan fingerprint density at radius 1 is 1.42 bits per heavy atom. The maximum atomic E-state index is 12.0. The molecule has 1 heterocycles. The fraction of sp³-hybridized carbons (Fsp3) is 0.818. The lowest BCUT2D eigenvalue weighted by atomic mass is 10.1. The second kappa shape index (κ2) is 8.11. The van der Waals surface area contributed by atoms with Gasteiger partial charge in [0.1, 0.15) is 6.54 Å². The molecule has 0 radical (unpaired) electrons. The summed E-state index contributed by atoms with van der Waals surface area (Å²) < 4.78 is 16.1. The Hall–Kier alpha value is -1.15. The lowest BCUT2D eigenvalue weighted by molar-refractivity contribution is -0.137. The summed E-state index contributed by atoms with van der Waals surface area (Å²) in [6.45, 7) is 0.163. The molecule has 1 saturated heterocycles. The van der Waals surface area contributed by atoms with E-state index in [2.05, 4.69) is 5.32 Å². The van der Waals surface area contributed by atoms with Crippen LogP contribution < -0.4 is 5.32 Å². The highest BCUT2D eigenvalue weighted by molar-refractivity contribution is 7.85. The topological polar surface area (TPSA) is 95.9 Å². The summed E-state index contributed by atoms with van der Waals surface area (Å²) in [4.78, 5) is 23.9. The van der Waals surface area contributed by atoms with Gasteiger partial charge in [0.05, 0.1) is 6.61 Å². The van der Waals surface area contributed by atoms with Crippen LogP contribution in [0.2, 0.25) is 0 Å². The van der Waals surface area contributed by atoms with Crippen LogP contribution in [0.15, 0.2) is 0 Å². The third-order valence-corrected chi connectivity index (χ3v) is 4.28. The Labute approximate surface area is 114 Å². The summed E-state index contributed by atoms with van der Waals surface area (Å²) in [6.07, 6.45) is 1.34. The van der Waals surface area contributed by atoms with Crippen LogP contribution >= 0.6 is 0 Å². The number of amides is 2. The molecule has 1 fully saturated rings. The zero-order valence-electron chi connectivity index (χ0n) is 11.0. The van der Waals surface area contributed by atoms with Gasteiger partial charge in [-0.15, -0.1) is 0 Å². The van der Waals surface area contributed by atoms with Gasteiger partial charge in [0.25, 0.3) is 0 Å². The first-order valence-electron chi connectivity index (χ1n) is 6.14. The van der Waals surface area contributed by atoms with Gasteiger partial charge in [-0.3, -0.25) is 9.00 Å². The zero-order chi connectivity index (χ0) is 14.3. The van der Waals surface area contributed by atoms with Crippen molar-refractivity contribution in [2.24, 2.45) is 0 Å². The average molecular weight is 292 g/mol. The van der Waals surface area contributed by atoms with Crippen LogP contribution in [-0.2, 0) is 20.3 Å². The van der Waals surface area contributed by atoms with Crippen LogP contribution in [0.5, 0.6) is 0 Å². The Balaban J connectivity index is 2.45. The van der Waals surface area contributed by atoms with Gasteiger partial charge in [-0.05, 0) is 12.8 Å². The molecule has 2 N–H and O–H groups in total. The van der Waals surface area contributed by atoms with Gasteiger partial charge in [0.2, 0.25) is 0 Å². The maximum Gasteiger partial charge on any atom is 0.323 e. The van der Waals surface area contributed by atoms with Crippen LogP contribution in [0.3, 0.4) is 0 Å². The van der Waals surface area contributed by atoms with Crippen LogP contribution in [-0.4, -0.2) is 70.6 Å². The fourth-order valence-corrected chi connectivity index (χ4v) is 3.12. The zero-order valence-corrected chi connectivity index (χ0v) is 11.8. The Morgan fingerprint density at radius 3 is 2.58 bits per heavy atom.